The molecule has 0 spiro atoms. The quantitative estimate of drug-likeness (QED) is 0.280. The number of aromatic carboxylic acids is 1. The molecule has 4 aromatic rings. The van der Waals surface area contributed by atoms with E-state index in [2.05, 4.69) is 9.47 Å². The van der Waals surface area contributed by atoms with Crippen molar-refractivity contribution in [3.63, 3.8) is 0 Å². The van der Waals surface area contributed by atoms with Crippen molar-refractivity contribution in [2.24, 2.45) is 0 Å². The van der Waals surface area contributed by atoms with Crippen LogP contribution in [-0.4, -0.2) is 64.3 Å². The molecule has 0 bridgehead atoms. The molecule has 9 nitrogen and oxygen atoms in total. The van der Waals surface area contributed by atoms with Gasteiger partial charge in [-0.2, -0.15) is 0 Å². The van der Waals surface area contributed by atoms with E-state index in [1.165, 1.54) is 12.1 Å². The number of benzene rings is 3. The first-order chi connectivity index (χ1) is 21.3. The number of halogens is 2. The van der Waals surface area contributed by atoms with Gasteiger partial charge in [-0.05, 0) is 80.2 Å². The van der Waals surface area contributed by atoms with Crippen LogP contribution in [0.25, 0.3) is 11.0 Å². The maximum Gasteiger partial charge on any atom is 0.335 e. The van der Waals surface area contributed by atoms with Crippen LogP contribution in [0.4, 0.5) is 10.1 Å². The zero-order chi connectivity index (χ0) is 30.5. The largest absolute Gasteiger partial charge is 0.478 e. The number of imidazole rings is 1. The fourth-order valence-corrected chi connectivity index (χ4v) is 6.65. The molecular weight excluding hydrogens is 587 g/mol. The van der Waals surface area contributed by atoms with Crippen molar-refractivity contribution in [3.8, 4) is 5.75 Å². The number of para-hydroxylation sites is 1. The first kappa shape index (κ1) is 28.8. The molecular formula is C33H32ClFN4O5. The van der Waals surface area contributed by atoms with E-state index in [4.69, 9.17) is 26.1 Å². The first-order valence-electron chi connectivity index (χ1n) is 14.9. The molecule has 3 aliphatic rings. The number of carboxylic acid groups (broad SMARTS) is 1. The Balaban J connectivity index is 1.11. The maximum absolute atomic E-state index is 14.9. The highest BCUT2D eigenvalue weighted by atomic mass is 35.5. The SMILES string of the molecule is CN1C(=O)C(c2ccc(Cl)cc2F)Oc2c(C3CCN(Cc4nc5ccc(C(=O)O)cc5n4C[C@@H]4CCO4)CC3)cccc21. The van der Waals surface area contributed by atoms with E-state index < -0.39 is 17.9 Å². The van der Waals surface area contributed by atoms with Crippen LogP contribution >= 0.6 is 11.6 Å². The van der Waals surface area contributed by atoms with Crippen molar-refractivity contribution in [1.82, 2.24) is 14.5 Å². The number of rotatable bonds is 7. The number of carboxylic acids is 1. The lowest BCUT2D eigenvalue weighted by Gasteiger charge is -2.37. The number of anilines is 1. The van der Waals surface area contributed by atoms with Gasteiger partial charge in [-0.3, -0.25) is 9.69 Å². The second-order valence-electron chi connectivity index (χ2n) is 11.7. The van der Waals surface area contributed by atoms with Crippen LogP contribution in [0.1, 0.15) is 58.6 Å². The molecule has 2 saturated heterocycles. The molecule has 4 heterocycles. The Morgan fingerprint density at radius 3 is 2.59 bits per heavy atom. The van der Waals surface area contributed by atoms with Crippen LogP contribution in [0.15, 0.2) is 54.6 Å². The standard InChI is InChI=1S/C33H32ClFN4O5/c1-37-27-4-2-3-23(30(27)44-31(32(37)40)24-7-6-21(34)16-25(24)35)19-9-12-38(13-10-19)18-29-36-26-8-5-20(33(41)42)15-28(26)39(29)17-22-11-14-43-22/h2-8,15-16,19,22,31H,9-14,17-18H2,1H3,(H,41,42)/t22-,31?/m0/s1. The molecule has 0 aliphatic carbocycles. The molecule has 44 heavy (non-hydrogen) atoms. The van der Waals surface area contributed by atoms with E-state index in [1.807, 2.05) is 18.2 Å². The van der Waals surface area contributed by atoms with Crippen LogP contribution in [0.5, 0.6) is 5.75 Å². The summed E-state index contributed by atoms with van der Waals surface area (Å²) >= 11 is 5.96. The number of ether oxygens (including phenoxy) is 2. The molecule has 11 heteroatoms. The van der Waals surface area contributed by atoms with Crippen molar-refractivity contribution < 1.29 is 28.6 Å². The number of hydrogen-bond acceptors (Lipinski definition) is 6. The third kappa shape index (κ3) is 5.21. The number of fused-ring (bicyclic) bond motifs is 2. The summed E-state index contributed by atoms with van der Waals surface area (Å²) in [6.45, 7) is 3.66. The summed E-state index contributed by atoms with van der Waals surface area (Å²) in [4.78, 5) is 33.7. The van der Waals surface area contributed by atoms with E-state index in [9.17, 15) is 19.1 Å². The molecule has 3 aliphatic heterocycles. The van der Waals surface area contributed by atoms with Crippen LogP contribution < -0.4 is 9.64 Å². The third-order valence-electron chi connectivity index (χ3n) is 9.07. The van der Waals surface area contributed by atoms with Crippen LogP contribution in [-0.2, 0) is 22.6 Å². The molecule has 1 unspecified atom stereocenters. The van der Waals surface area contributed by atoms with Crippen molar-refractivity contribution >= 4 is 40.2 Å². The minimum atomic E-state index is -1.10. The molecule has 1 aromatic heterocycles. The Labute approximate surface area is 258 Å². The highest BCUT2D eigenvalue weighted by Gasteiger charge is 2.38. The Hall–Kier alpha value is -3.99. The number of hydrogen-bond donors (Lipinski definition) is 1. The molecule has 0 saturated carbocycles. The Morgan fingerprint density at radius 2 is 1.89 bits per heavy atom. The van der Waals surface area contributed by atoms with Gasteiger partial charge >= 0.3 is 5.97 Å². The fraction of sp³-hybridized carbons (Fsp3) is 0.364. The summed E-state index contributed by atoms with van der Waals surface area (Å²) in [5.74, 6) is -0.174. The summed E-state index contributed by atoms with van der Waals surface area (Å²) < 4.78 is 29.0. The Kier molecular flexibility index (Phi) is 7.52. The van der Waals surface area contributed by atoms with Gasteiger partial charge in [-0.1, -0.05) is 29.8 Å². The second-order valence-corrected chi connectivity index (χ2v) is 12.2. The number of aromatic nitrogens is 2. The topological polar surface area (TPSA) is 97.1 Å². The number of likely N-dealkylation sites (N-methyl/N-ethyl adjacent to an activating group) is 1. The van der Waals surface area contributed by atoms with Gasteiger partial charge in [0, 0.05) is 24.2 Å². The molecule has 2 fully saturated rings. The number of nitrogens with zero attached hydrogens (tertiary/aromatic N) is 4. The Bertz CT molecular complexity index is 1760. The second kappa shape index (κ2) is 11.5. The van der Waals surface area contributed by atoms with Gasteiger partial charge < -0.3 is 24.0 Å². The fourth-order valence-electron chi connectivity index (χ4n) is 6.49. The van der Waals surface area contributed by atoms with Crippen LogP contribution in [0.3, 0.4) is 0 Å². The maximum atomic E-state index is 14.9. The molecule has 7 rings (SSSR count). The molecule has 3 aromatic carbocycles. The van der Waals surface area contributed by atoms with Crippen molar-refractivity contribution in [1.29, 1.82) is 0 Å². The van der Waals surface area contributed by atoms with Gasteiger partial charge in [0.15, 0.2) is 0 Å². The average molecular weight is 619 g/mol. The number of carbonyl (C=O) groups is 2. The minimum Gasteiger partial charge on any atom is -0.478 e. The molecule has 1 N–H and O–H groups in total. The lowest BCUT2D eigenvalue weighted by atomic mass is 9.87. The van der Waals surface area contributed by atoms with Gasteiger partial charge in [-0.15, -0.1) is 0 Å². The predicted molar refractivity (Wildman–Crippen MR) is 163 cm³/mol. The lowest BCUT2D eigenvalue weighted by molar-refractivity contribution is -0.126. The monoisotopic (exact) mass is 618 g/mol. The number of likely N-dealkylation sites (tertiary alicyclic amines) is 1. The zero-order valence-electron chi connectivity index (χ0n) is 24.2. The molecule has 1 amide bonds. The van der Waals surface area contributed by atoms with Gasteiger partial charge in [0.2, 0.25) is 6.10 Å². The summed E-state index contributed by atoms with van der Waals surface area (Å²) in [6, 6.07) is 15.2. The molecule has 228 valence electrons. The Morgan fingerprint density at radius 1 is 1.09 bits per heavy atom. The zero-order valence-corrected chi connectivity index (χ0v) is 25.0. The van der Waals surface area contributed by atoms with E-state index >= 15 is 0 Å². The van der Waals surface area contributed by atoms with Gasteiger partial charge in [0.05, 0.1) is 41.5 Å². The number of amides is 1. The van der Waals surface area contributed by atoms with Crippen molar-refractivity contribution in [3.05, 3.63) is 88.0 Å². The first-order valence-corrected chi connectivity index (χ1v) is 15.2. The number of carbonyl (C=O) groups excluding carboxylic acids is 1. The van der Waals surface area contributed by atoms with E-state index in [0.717, 1.165) is 61.4 Å². The van der Waals surface area contributed by atoms with E-state index in [0.29, 0.717) is 24.5 Å². The van der Waals surface area contributed by atoms with Crippen LogP contribution in [0.2, 0.25) is 5.02 Å². The summed E-state index contributed by atoms with van der Waals surface area (Å²) in [5, 5.41) is 9.80. The smallest absolute Gasteiger partial charge is 0.335 e. The van der Waals surface area contributed by atoms with Crippen molar-refractivity contribution in [2.75, 3.05) is 31.6 Å². The van der Waals surface area contributed by atoms with E-state index in [-0.39, 0.29) is 34.1 Å². The van der Waals surface area contributed by atoms with Gasteiger partial charge in [0.25, 0.3) is 5.91 Å². The highest BCUT2D eigenvalue weighted by Crippen LogP contribution is 2.45. The highest BCUT2D eigenvalue weighted by molar-refractivity contribution is 6.30. The van der Waals surface area contributed by atoms with Crippen molar-refractivity contribution in [2.45, 2.75) is 50.5 Å². The average Bonchev–Trinajstić information content (AvgIpc) is 3.33. The lowest BCUT2D eigenvalue weighted by Crippen LogP contribution is -2.39. The minimum absolute atomic E-state index is 0.102. The third-order valence-corrected chi connectivity index (χ3v) is 9.30. The normalized spacial score (nSPS) is 20.8. The van der Waals surface area contributed by atoms with E-state index in [1.54, 1.807) is 36.2 Å². The van der Waals surface area contributed by atoms with Gasteiger partial charge in [-0.25, -0.2) is 14.2 Å². The van der Waals surface area contributed by atoms with Crippen LogP contribution in [0, 0.1) is 5.82 Å². The molecule has 0 radical (unpaired) electrons. The molecule has 2 atom stereocenters. The summed E-state index contributed by atoms with van der Waals surface area (Å²) in [5.41, 5.74) is 3.67. The summed E-state index contributed by atoms with van der Waals surface area (Å²) in [7, 11) is 1.69. The summed E-state index contributed by atoms with van der Waals surface area (Å²) in [6.07, 6.45) is 1.71. The van der Waals surface area contributed by atoms with Gasteiger partial charge in [0.1, 0.15) is 17.4 Å². The number of piperidine rings is 1. The predicted octanol–water partition coefficient (Wildman–Crippen LogP) is 5.79.